The molecule has 2 aromatic carbocycles. The third kappa shape index (κ3) is 3.97. The fourth-order valence-electron chi connectivity index (χ4n) is 3.11. The second-order valence-electron chi connectivity index (χ2n) is 6.54. The first-order valence-corrected chi connectivity index (χ1v) is 9.28. The van der Waals surface area contributed by atoms with E-state index < -0.39 is 17.6 Å². The number of halogens is 1. The van der Waals surface area contributed by atoms with Crippen molar-refractivity contribution in [2.45, 2.75) is 6.54 Å². The number of furan rings is 1. The van der Waals surface area contributed by atoms with Crippen LogP contribution in [0.25, 0.3) is 5.70 Å². The van der Waals surface area contributed by atoms with Crippen LogP contribution in [0.5, 0.6) is 0 Å². The van der Waals surface area contributed by atoms with Crippen LogP contribution in [0.4, 0.5) is 4.39 Å². The maximum Gasteiger partial charge on any atom is 0.264 e. The highest BCUT2D eigenvalue weighted by Crippen LogP contribution is 2.30. The number of hydrogen-bond donors (Lipinski definition) is 2. The van der Waals surface area contributed by atoms with Crippen LogP contribution in [0.15, 0.2) is 81.9 Å². The molecular formula is C23H15FN4O3. The highest BCUT2D eigenvalue weighted by molar-refractivity contribution is 6.20. The zero-order chi connectivity index (χ0) is 21.8. The number of amidine groups is 1. The Kier molecular flexibility index (Phi) is 5.41. The molecule has 3 aromatic rings. The number of nitrogens with one attached hydrogen (secondary N) is 2. The lowest BCUT2D eigenvalue weighted by molar-refractivity contribution is -0.117. The maximum atomic E-state index is 14.0. The lowest BCUT2D eigenvalue weighted by Crippen LogP contribution is -2.31. The number of fused-ring (bicyclic) bond motifs is 1. The van der Waals surface area contributed by atoms with E-state index in [0.29, 0.717) is 16.9 Å². The third-order valence-electron chi connectivity index (χ3n) is 4.59. The highest BCUT2D eigenvalue weighted by atomic mass is 19.1. The van der Waals surface area contributed by atoms with Crippen LogP contribution < -0.4 is 10.6 Å². The summed E-state index contributed by atoms with van der Waals surface area (Å²) in [4.78, 5) is 29.5. The normalized spacial score (nSPS) is 13.6. The number of nitriles is 1. The lowest BCUT2D eigenvalue weighted by atomic mass is 10.0. The molecule has 2 heterocycles. The van der Waals surface area contributed by atoms with Crippen molar-refractivity contribution in [1.29, 1.82) is 5.26 Å². The van der Waals surface area contributed by atoms with E-state index in [1.807, 2.05) is 6.07 Å². The molecule has 152 valence electrons. The van der Waals surface area contributed by atoms with E-state index in [2.05, 4.69) is 15.6 Å². The zero-order valence-corrected chi connectivity index (χ0v) is 16.1. The minimum Gasteiger partial charge on any atom is -0.467 e. The molecule has 2 amide bonds. The predicted molar refractivity (Wildman–Crippen MR) is 110 cm³/mol. The fourth-order valence-corrected chi connectivity index (χ4v) is 3.11. The van der Waals surface area contributed by atoms with Crippen molar-refractivity contribution in [1.82, 2.24) is 10.6 Å². The Balaban J connectivity index is 1.66. The van der Waals surface area contributed by atoms with E-state index >= 15 is 0 Å². The van der Waals surface area contributed by atoms with Gasteiger partial charge in [-0.25, -0.2) is 9.38 Å². The summed E-state index contributed by atoms with van der Waals surface area (Å²) in [5.41, 5.74) is 0.801. The molecule has 1 aromatic heterocycles. The molecule has 31 heavy (non-hydrogen) atoms. The van der Waals surface area contributed by atoms with Gasteiger partial charge in [-0.15, -0.1) is 0 Å². The Morgan fingerprint density at radius 1 is 1.03 bits per heavy atom. The van der Waals surface area contributed by atoms with Crippen molar-refractivity contribution in [3.8, 4) is 6.07 Å². The summed E-state index contributed by atoms with van der Waals surface area (Å²) in [5, 5.41) is 14.8. The van der Waals surface area contributed by atoms with Crippen molar-refractivity contribution < 1.29 is 18.4 Å². The summed E-state index contributed by atoms with van der Waals surface area (Å²) in [7, 11) is 0. The topological polar surface area (TPSA) is 107 Å². The molecule has 4 rings (SSSR count). The van der Waals surface area contributed by atoms with Crippen molar-refractivity contribution in [2.75, 3.05) is 0 Å². The van der Waals surface area contributed by atoms with Gasteiger partial charge >= 0.3 is 0 Å². The first kappa shape index (κ1) is 19.8. The van der Waals surface area contributed by atoms with Crippen LogP contribution in [-0.4, -0.2) is 17.6 Å². The molecular weight excluding hydrogens is 399 g/mol. The van der Waals surface area contributed by atoms with Gasteiger partial charge in [0.1, 0.15) is 29.1 Å². The molecule has 7 nitrogen and oxygen atoms in total. The van der Waals surface area contributed by atoms with E-state index in [0.717, 1.165) is 0 Å². The van der Waals surface area contributed by atoms with Gasteiger partial charge in [-0.05, 0) is 24.3 Å². The molecule has 0 fully saturated rings. The molecule has 0 radical (unpaired) electrons. The van der Waals surface area contributed by atoms with Crippen LogP contribution in [0.1, 0.15) is 27.2 Å². The summed E-state index contributed by atoms with van der Waals surface area (Å²) >= 11 is 0. The SMILES string of the molecule is N#C/C(C(=O)NCc1ccco1)=C1/N=C(NC(=O)c2ccccc2F)c2ccccc21. The smallest absolute Gasteiger partial charge is 0.264 e. The molecule has 1 aliphatic heterocycles. The molecule has 0 atom stereocenters. The highest BCUT2D eigenvalue weighted by Gasteiger charge is 2.27. The summed E-state index contributed by atoms with van der Waals surface area (Å²) in [6, 6.07) is 17.7. The first-order valence-electron chi connectivity index (χ1n) is 9.28. The Hall–Kier alpha value is -4.51. The van der Waals surface area contributed by atoms with Crippen LogP contribution in [-0.2, 0) is 11.3 Å². The second kappa shape index (κ2) is 8.47. The van der Waals surface area contributed by atoms with Crippen molar-refractivity contribution in [3.63, 3.8) is 0 Å². The standard InChI is InChI=1S/C23H15FN4O3/c24-19-10-4-3-9-17(19)23(30)28-21-16-8-2-1-7-15(16)20(27-21)18(12-25)22(29)26-13-14-6-5-11-31-14/h1-11H,13H2,(H,26,29)(H,27,28,30)/b20-18-. The largest absolute Gasteiger partial charge is 0.467 e. The van der Waals surface area contributed by atoms with Gasteiger partial charge in [0.25, 0.3) is 11.8 Å². The van der Waals surface area contributed by atoms with Crippen molar-refractivity contribution >= 4 is 23.3 Å². The van der Waals surface area contributed by atoms with E-state index in [1.165, 1.54) is 24.5 Å². The van der Waals surface area contributed by atoms with Crippen LogP contribution in [0.3, 0.4) is 0 Å². The first-order chi connectivity index (χ1) is 15.1. The molecule has 2 N–H and O–H groups in total. The van der Waals surface area contributed by atoms with Crippen LogP contribution in [0, 0.1) is 17.1 Å². The average molecular weight is 414 g/mol. The molecule has 0 aliphatic carbocycles. The van der Waals surface area contributed by atoms with Crippen molar-refractivity contribution in [3.05, 3.63) is 101 Å². The molecule has 0 unspecified atom stereocenters. The number of benzene rings is 2. The Morgan fingerprint density at radius 3 is 2.48 bits per heavy atom. The number of hydrogen-bond acceptors (Lipinski definition) is 5. The molecule has 0 saturated carbocycles. The monoisotopic (exact) mass is 414 g/mol. The number of rotatable bonds is 4. The minimum atomic E-state index is -0.686. The number of nitrogens with zero attached hydrogens (tertiary/aromatic N) is 2. The van der Waals surface area contributed by atoms with Crippen molar-refractivity contribution in [2.24, 2.45) is 4.99 Å². The van der Waals surface area contributed by atoms with Gasteiger partial charge in [0.15, 0.2) is 0 Å². The number of amides is 2. The molecule has 0 saturated heterocycles. The predicted octanol–water partition coefficient (Wildman–Crippen LogP) is 3.16. The van der Waals surface area contributed by atoms with Gasteiger partial charge in [0, 0.05) is 11.1 Å². The average Bonchev–Trinajstić information content (AvgIpc) is 3.42. The molecule has 0 spiro atoms. The Bertz CT molecular complexity index is 1270. The van der Waals surface area contributed by atoms with E-state index in [9.17, 15) is 19.2 Å². The number of aliphatic imine (C=N–C) groups is 1. The molecule has 0 bridgehead atoms. The lowest BCUT2D eigenvalue weighted by Gasteiger charge is -2.06. The molecule has 1 aliphatic rings. The third-order valence-corrected chi connectivity index (χ3v) is 4.59. The minimum absolute atomic E-state index is 0.104. The van der Waals surface area contributed by atoms with Crippen LogP contribution in [0.2, 0.25) is 0 Å². The summed E-state index contributed by atoms with van der Waals surface area (Å²) in [6.07, 6.45) is 1.48. The van der Waals surface area contributed by atoms with Gasteiger partial charge < -0.3 is 15.1 Å². The van der Waals surface area contributed by atoms with Crippen LogP contribution >= 0.6 is 0 Å². The number of carbonyl (C=O) groups excluding carboxylic acids is 2. The fraction of sp³-hybridized carbons (Fsp3) is 0.0435. The zero-order valence-electron chi connectivity index (χ0n) is 16.1. The molecule has 8 heteroatoms. The second-order valence-corrected chi connectivity index (χ2v) is 6.54. The van der Waals surface area contributed by atoms with Gasteiger partial charge in [0.2, 0.25) is 0 Å². The Morgan fingerprint density at radius 2 is 1.77 bits per heavy atom. The maximum absolute atomic E-state index is 14.0. The van der Waals surface area contributed by atoms with E-state index in [-0.39, 0.29) is 29.2 Å². The van der Waals surface area contributed by atoms with Gasteiger partial charge in [-0.1, -0.05) is 36.4 Å². The van der Waals surface area contributed by atoms with E-state index in [4.69, 9.17) is 4.42 Å². The Labute approximate surface area is 176 Å². The number of carbonyl (C=O) groups is 2. The van der Waals surface area contributed by atoms with Gasteiger partial charge in [-0.2, -0.15) is 5.26 Å². The quantitative estimate of drug-likeness (QED) is 0.505. The summed E-state index contributed by atoms with van der Waals surface area (Å²) in [5.74, 6) is -1.32. The van der Waals surface area contributed by atoms with E-state index in [1.54, 1.807) is 42.5 Å². The summed E-state index contributed by atoms with van der Waals surface area (Å²) in [6.45, 7) is 0.104. The van der Waals surface area contributed by atoms with Gasteiger partial charge in [-0.3, -0.25) is 9.59 Å². The summed E-state index contributed by atoms with van der Waals surface area (Å²) < 4.78 is 19.1. The van der Waals surface area contributed by atoms with Gasteiger partial charge in [0.05, 0.1) is 24.1 Å².